The fourth-order valence-corrected chi connectivity index (χ4v) is 4.10. The largest absolute Gasteiger partial charge is 0.460 e. The summed E-state index contributed by atoms with van der Waals surface area (Å²) in [7, 11) is 0. The number of aliphatic hydroxyl groups is 7. The van der Waals surface area contributed by atoms with Gasteiger partial charge < -0.3 is 54.7 Å². The number of esters is 1. The first-order valence-electron chi connectivity index (χ1n) is 12.0. The molecular formula is C22H40O12. The van der Waals surface area contributed by atoms with Crippen LogP contribution >= 0.6 is 0 Å². The topological polar surface area (TPSA) is 196 Å². The third-order valence-corrected chi connectivity index (χ3v) is 6.27. The SMILES string of the molecule is CCCCCCCCCC(=O)OC[C@@]1(OC2OC(CO)C(O)C(O)C2O)OC(CO)C(O)C1O. The summed E-state index contributed by atoms with van der Waals surface area (Å²) < 4.78 is 21.6. The van der Waals surface area contributed by atoms with Crippen LogP contribution in [0.3, 0.4) is 0 Å². The molecular weight excluding hydrogens is 456 g/mol. The van der Waals surface area contributed by atoms with Gasteiger partial charge in [0.2, 0.25) is 5.79 Å². The van der Waals surface area contributed by atoms with Gasteiger partial charge in [-0.3, -0.25) is 4.79 Å². The maximum atomic E-state index is 12.3. The van der Waals surface area contributed by atoms with Crippen LogP contribution < -0.4 is 0 Å². The highest BCUT2D eigenvalue weighted by molar-refractivity contribution is 5.69. The normalized spacial score (nSPS) is 38.2. The molecule has 0 aromatic rings. The predicted molar refractivity (Wildman–Crippen MR) is 115 cm³/mol. The van der Waals surface area contributed by atoms with Gasteiger partial charge in [-0.2, -0.15) is 0 Å². The van der Waals surface area contributed by atoms with Crippen molar-refractivity contribution in [2.75, 3.05) is 19.8 Å². The second kappa shape index (κ2) is 14.0. The molecule has 2 heterocycles. The van der Waals surface area contributed by atoms with Crippen LogP contribution in [0, 0.1) is 0 Å². The molecule has 2 rings (SSSR count). The summed E-state index contributed by atoms with van der Waals surface area (Å²) in [6, 6.07) is 0. The van der Waals surface area contributed by atoms with Crippen LogP contribution in [0.1, 0.15) is 58.3 Å². The number of hydrogen-bond donors (Lipinski definition) is 7. The Hall–Kier alpha value is -0.930. The summed E-state index contributed by atoms with van der Waals surface area (Å²) >= 11 is 0. The monoisotopic (exact) mass is 496 g/mol. The molecule has 8 unspecified atom stereocenters. The minimum absolute atomic E-state index is 0.117. The minimum atomic E-state index is -2.24. The molecule has 9 atom stereocenters. The van der Waals surface area contributed by atoms with Crippen LogP contribution in [0.5, 0.6) is 0 Å². The summed E-state index contributed by atoms with van der Waals surface area (Å²) in [6.07, 6.45) is -5.79. The van der Waals surface area contributed by atoms with Crippen molar-refractivity contribution in [3.05, 3.63) is 0 Å². The van der Waals surface area contributed by atoms with E-state index in [9.17, 15) is 40.5 Å². The molecule has 0 aliphatic carbocycles. The van der Waals surface area contributed by atoms with Crippen LogP contribution in [0.25, 0.3) is 0 Å². The maximum Gasteiger partial charge on any atom is 0.305 e. The number of carbonyl (C=O) groups excluding carboxylic acids is 1. The molecule has 0 saturated carbocycles. The van der Waals surface area contributed by atoms with Gasteiger partial charge in [-0.25, -0.2) is 0 Å². The van der Waals surface area contributed by atoms with E-state index in [0.717, 1.165) is 32.1 Å². The van der Waals surface area contributed by atoms with Gasteiger partial charge in [-0.1, -0.05) is 45.4 Å². The van der Waals surface area contributed by atoms with Crippen molar-refractivity contribution in [1.29, 1.82) is 0 Å². The van der Waals surface area contributed by atoms with Gasteiger partial charge in [0, 0.05) is 6.42 Å². The standard InChI is InChI=1S/C22H40O12/c1-2-3-4-5-6-7-8-9-15(25)31-12-22(20(30)17(27)14(11-24)33-22)34-21-19(29)18(28)16(26)13(10-23)32-21/h13-14,16-21,23-24,26-30H,2-12H2,1H3/t13?,14?,16?,17?,18?,19?,20?,21?,22-/m0/s1. The second-order valence-corrected chi connectivity index (χ2v) is 8.93. The molecule has 0 spiro atoms. The fraction of sp³-hybridized carbons (Fsp3) is 0.955. The van der Waals surface area contributed by atoms with E-state index in [1.807, 2.05) is 0 Å². The molecule has 34 heavy (non-hydrogen) atoms. The maximum absolute atomic E-state index is 12.3. The lowest BCUT2D eigenvalue weighted by molar-refractivity contribution is -0.383. The van der Waals surface area contributed by atoms with Gasteiger partial charge >= 0.3 is 5.97 Å². The Labute approximate surface area is 199 Å². The summed E-state index contributed by atoms with van der Waals surface area (Å²) in [5, 5.41) is 69.8. The van der Waals surface area contributed by atoms with E-state index in [2.05, 4.69) is 6.92 Å². The third-order valence-electron chi connectivity index (χ3n) is 6.27. The highest BCUT2D eigenvalue weighted by atomic mass is 16.8. The lowest BCUT2D eigenvalue weighted by atomic mass is 9.99. The third kappa shape index (κ3) is 7.29. The minimum Gasteiger partial charge on any atom is -0.460 e. The second-order valence-electron chi connectivity index (χ2n) is 8.93. The average molecular weight is 497 g/mol. The number of rotatable bonds is 14. The van der Waals surface area contributed by atoms with Crippen molar-refractivity contribution in [1.82, 2.24) is 0 Å². The van der Waals surface area contributed by atoms with Crippen LogP contribution in [0.4, 0.5) is 0 Å². The summed E-state index contributed by atoms with van der Waals surface area (Å²) in [5.74, 6) is -2.83. The Morgan fingerprint density at radius 2 is 1.44 bits per heavy atom. The number of unbranched alkanes of at least 4 members (excludes halogenated alkanes) is 6. The number of ether oxygens (including phenoxy) is 4. The Bertz CT molecular complexity index is 604. The van der Waals surface area contributed by atoms with Crippen molar-refractivity contribution in [2.24, 2.45) is 0 Å². The van der Waals surface area contributed by atoms with Crippen LogP contribution in [-0.4, -0.2) is 116 Å². The first-order chi connectivity index (χ1) is 16.2. The zero-order valence-electron chi connectivity index (χ0n) is 19.6. The lowest BCUT2D eigenvalue weighted by Crippen LogP contribution is -2.62. The van der Waals surface area contributed by atoms with Gasteiger partial charge in [-0.05, 0) is 6.42 Å². The first-order valence-corrected chi connectivity index (χ1v) is 12.0. The average Bonchev–Trinajstić information content (AvgIpc) is 3.07. The quantitative estimate of drug-likeness (QED) is 0.106. The highest BCUT2D eigenvalue weighted by Gasteiger charge is 2.59. The van der Waals surface area contributed by atoms with Gasteiger partial charge in [0.25, 0.3) is 0 Å². The van der Waals surface area contributed by atoms with E-state index in [-0.39, 0.29) is 6.42 Å². The van der Waals surface area contributed by atoms with Crippen molar-refractivity contribution in [3.63, 3.8) is 0 Å². The summed E-state index contributed by atoms with van der Waals surface area (Å²) in [6.45, 7) is 0.0312. The molecule has 2 saturated heterocycles. The molecule has 12 heteroatoms. The van der Waals surface area contributed by atoms with E-state index >= 15 is 0 Å². The number of carbonyl (C=O) groups is 1. The van der Waals surface area contributed by atoms with Crippen molar-refractivity contribution >= 4 is 5.97 Å². The Morgan fingerprint density at radius 1 is 0.824 bits per heavy atom. The Morgan fingerprint density at radius 3 is 2.03 bits per heavy atom. The summed E-state index contributed by atoms with van der Waals surface area (Å²) in [5.41, 5.74) is 0. The van der Waals surface area contributed by atoms with Crippen LogP contribution in [0.2, 0.25) is 0 Å². The molecule has 2 fully saturated rings. The molecule has 0 radical (unpaired) electrons. The number of hydrogen-bond acceptors (Lipinski definition) is 12. The van der Waals surface area contributed by atoms with E-state index < -0.39 is 80.6 Å². The lowest BCUT2D eigenvalue weighted by Gasteiger charge is -2.43. The first kappa shape index (κ1) is 29.3. The molecule has 2 aliphatic rings. The molecule has 0 amide bonds. The van der Waals surface area contributed by atoms with Crippen molar-refractivity contribution in [2.45, 2.75) is 113 Å². The molecule has 7 N–H and O–H groups in total. The van der Waals surface area contributed by atoms with Gasteiger partial charge in [-0.15, -0.1) is 0 Å². The smallest absolute Gasteiger partial charge is 0.305 e. The zero-order valence-corrected chi connectivity index (χ0v) is 19.6. The molecule has 2 aliphatic heterocycles. The van der Waals surface area contributed by atoms with Gasteiger partial charge in [0.1, 0.15) is 49.3 Å². The molecule has 0 aromatic heterocycles. The van der Waals surface area contributed by atoms with Gasteiger partial charge in [0.05, 0.1) is 13.2 Å². The molecule has 0 aromatic carbocycles. The summed E-state index contributed by atoms with van der Waals surface area (Å²) in [4.78, 5) is 12.3. The van der Waals surface area contributed by atoms with Crippen LogP contribution in [0.15, 0.2) is 0 Å². The van der Waals surface area contributed by atoms with Gasteiger partial charge in [0.15, 0.2) is 6.29 Å². The van der Waals surface area contributed by atoms with E-state index in [4.69, 9.17) is 18.9 Å². The van der Waals surface area contributed by atoms with Crippen molar-refractivity contribution < 1.29 is 59.5 Å². The van der Waals surface area contributed by atoms with E-state index in [0.29, 0.717) is 6.42 Å². The Kier molecular flexibility index (Phi) is 12.0. The molecule has 12 nitrogen and oxygen atoms in total. The molecule has 0 bridgehead atoms. The molecule has 200 valence electrons. The zero-order chi connectivity index (χ0) is 25.3. The van der Waals surface area contributed by atoms with Crippen LogP contribution in [-0.2, 0) is 23.7 Å². The Balaban J connectivity index is 2.00. The van der Waals surface area contributed by atoms with Crippen molar-refractivity contribution in [3.8, 4) is 0 Å². The van der Waals surface area contributed by atoms with E-state index in [1.54, 1.807) is 0 Å². The highest BCUT2D eigenvalue weighted by Crippen LogP contribution is 2.36. The predicted octanol–water partition coefficient (Wildman–Crippen LogP) is -1.70. The fourth-order valence-electron chi connectivity index (χ4n) is 4.10. The number of aliphatic hydroxyl groups excluding tert-OH is 7. The van der Waals surface area contributed by atoms with E-state index in [1.165, 1.54) is 6.42 Å².